The molecular weight excluding hydrogens is 446 g/mol. The molecule has 1 nitrogen and oxygen atoms in total. The molecule has 3 rings (SSSR count). The first kappa shape index (κ1) is 38.9. The number of pyridine rings is 1. The summed E-state index contributed by atoms with van der Waals surface area (Å²) >= 11 is 0. The van der Waals surface area contributed by atoms with Crippen molar-refractivity contribution in [3.63, 3.8) is 0 Å². The molecule has 2 aromatic carbocycles. The van der Waals surface area contributed by atoms with Crippen LogP contribution < -0.4 is 10.4 Å². The third-order valence-corrected chi connectivity index (χ3v) is 5.29. The smallest absolute Gasteiger partial charge is 0.0407 e. The van der Waals surface area contributed by atoms with Gasteiger partial charge in [-0.25, -0.2) is 0 Å². The van der Waals surface area contributed by atoms with Gasteiger partial charge in [0.25, 0.3) is 0 Å². The topological polar surface area (TPSA) is 12.9 Å². The summed E-state index contributed by atoms with van der Waals surface area (Å²) in [6.45, 7) is 31.4. The van der Waals surface area contributed by atoms with Crippen LogP contribution in [0.5, 0.6) is 0 Å². The molecule has 0 aliphatic rings. The van der Waals surface area contributed by atoms with Gasteiger partial charge in [0.05, 0.1) is 0 Å². The van der Waals surface area contributed by atoms with Gasteiger partial charge in [0, 0.05) is 11.9 Å². The largest absolute Gasteiger partial charge is 0.261 e. The van der Waals surface area contributed by atoms with Gasteiger partial charge in [-0.2, -0.15) is 0 Å². The van der Waals surface area contributed by atoms with Crippen molar-refractivity contribution in [3.8, 4) is 0 Å². The number of rotatable bonds is 2. The highest BCUT2D eigenvalue weighted by Crippen LogP contribution is 2.17. The number of aryl methyl sites for hydroxylation is 2. The van der Waals surface area contributed by atoms with E-state index in [0.717, 1.165) is 5.69 Å². The van der Waals surface area contributed by atoms with E-state index >= 15 is 0 Å². The Morgan fingerprint density at radius 3 is 1.46 bits per heavy atom. The summed E-state index contributed by atoms with van der Waals surface area (Å²) in [5, 5.41) is 2.68. The molecule has 0 N–H and O–H groups in total. The summed E-state index contributed by atoms with van der Waals surface area (Å²) in [5.41, 5.74) is 6.73. The molecule has 0 unspecified atom stereocenters. The molecule has 1 heteroatoms. The maximum Gasteiger partial charge on any atom is 0.0407 e. The van der Waals surface area contributed by atoms with E-state index in [1.165, 1.54) is 32.7 Å². The van der Waals surface area contributed by atoms with Crippen LogP contribution in [0, 0.1) is 13.8 Å². The first-order valence-electron chi connectivity index (χ1n) is 14.3. The molecular formula is C36H59N. The van der Waals surface area contributed by atoms with E-state index in [1.54, 1.807) is 0 Å². The van der Waals surface area contributed by atoms with Crippen molar-refractivity contribution in [3.05, 3.63) is 99.7 Å². The normalized spacial score (nSPS) is 9.59. The zero-order chi connectivity index (χ0) is 29.4. The number of benzene rings is 2. The second-order valence-electron chi connectivity index (χ2n) is 8.72. The number of aromatic nitrogens is 1. The standard InChI is InChI=1S/C11H14.C10H14.C9H13N.3C2H6/c1-4-10-7-5-6-8-11(10)9(2)3;1-8(2)10-7-5-4-6-9(10)3;1-7(2)9-5-4-6-10-8(9)3;3*1-2/h4-8H,1-3H3;4-8H,1-3H3;4-7H,1-3H3;3*1-2H3/b10-4-;;;;;. The molecule has 0 saturated carbocycles. The predicted octanol–water partition coefficient (Wildman–Crippen LogP) is 10.4. The van der Waals surface area contributed by atoms with E-state index in [2.05, 4.69) is 128 Å². The van der Waals surface area contributed by atoms with Gasteiger partial charge in [0.2, 0.25) is 0 Å². The maximum atomic E-state index is 4.20. The molecule has 0 spiro atoms. The molecule has 208 valence electrons. The molecule has 0 atom stereocenters. The summed E-state index contributed by atoms with van der Waals surface area (Å²) in [5.74, 6) is 1.25. The Morgan fingerprint density at radius 1 is 0.649 bits per heavy atom. The molecule has 0 aliphatic heterocycles. The van der Waals surface area contributed by atoms with E-state index in [9.17, 15) is 0 Å². The molecule has 0 saturated heterocycles. The van der Waals surface area contributed by atoms with Crippen molar-refractivity contribution < 1.29 is 0 Å². The molecule has 3 aromatic rings. The average molecular weight is 506 g/mol. The molecule has 0 aliphatic carbocycles. The highest BCUT2D eigenvalue weighted by Gasteiger charge is 2.01. The van der Waals surface area contributed by atoms with E-state index in [0.29, 0.717) is 11.8 Å². The van der Waals surface area contributed by atoms with E-state index in [4.69, 9.17) is 0 Å². The van der Waals surface area contributed by atoms with Gasteiger partial charge < -0.3 is 0 Å². The number of hydrogen-bond donors (Lipinski definition) is 0. The molecule has 1 aromatic heterocycles. The predicted molar refractivity (Wildman–Crippen MR) is 173 cm³/mol. The van der Waals surface area contributed by atoms with Crippen LogP contribution in [0.4, 0.5) is 0 Å². The lowest BCUT2D eigenvalue weighted by molar-refractivity contribution is 0.843. The van der Waals surface area contributed by atoms with Crippen molar-refractivity contribution in [2.75, 3.05) is 0 Å². The van der Waals surface area contributed by atoms with E-state index in [-0.39, 0.29) is 0 Å². The average Bonchev–Trinajstić information content (AvgIpc) is 2.93. The molecule has 37 heavy (non-hydrogen) atoms. The van der Waals surface area contributed by atoms with Crippen LogP contribution in [0.25, 0.3) is 11.6 Å². The minimum atomic E-state index is 0.591. The molecule has 1 heterocycles. The molecule has 0 bridgehead atoms. The van der Waals surface area contributed by atoms with Crippen LogP contribution >= 0.6 is 0 Å². The second kappa shape index (κ2) is 25.0. The summed E-state index contributed by atoms with van der Waals surface area (Å²) < 4.78 is 0. The van der Waals surface area contributed by atoms with Crippen molar-refractivity contribution in [2.45, 2.75) is 116 Å². The van der Waals surface area contributed by atoms with Gasteiger partial charge in [-0.1, -0.05) is 135 Å². The zero-order valence-corrected chi connectivity index (χ0v) is 27.0. The van der Waals surface area contributed by atoms with Crippen LogP contribution in [0.1, 0.15) is 124 Å². The second-order valence-corrected chi connectivity index (χ2v) is 8.72. The van der Waals surface area contributed by atoms with Gasteiger partial charge in [-0.15, -0.1) is 0 Å². The van der Waals surface area contributed by atoms with Gasteiger partial charge in [0.1, 0.15) is 0 Å². The third kappa shape index (κ3) is 16.6. The van der Waals surface area contributed by atoms with Crippen LogP contribution in [0.2, 0.25) is 0 Å². The van der Waals surface area contributed by atoms with Crippen molar-refractivity contribution in [2.24, 2.45) is 0 Å². The molecule has 0 amide bonds. The lowest BCUT2D eigenvalue weighted by Crippen LogP contribution is -2.24. The number of nitrogens with zero attached hydrogens (tertiary/aromatic N) is 1. The fourth-order valence-corrected chi connectivity index (χ4v) is 3.55. The van der Waals surface area contributed by atoms with Crippen LogP contribution in [-0.2, 0) is 0 Å². The Balaban J connectivity index is -0.000000425. The summed E-state index contributed by atoms with van der Waals surface area (Å²) in [4.78, 5) is 4.20. The van der Waals surface area contributed by atoms with Crippen LogP contribution in [0.15, 0.2) is 66.9 Å². The first-order valence-corrected chi connectivity index (χ1v) is 14.3. The minimum absolute atomic E-state index is 0.591. The Kier molecular flexibility index (Phi) is 26.3. The van der Waals surface area contributed by atoms with Gasteiger partial charge in [-0.05, 0) is 79.6 Å². The first-order chi connectivity index (χ1) is 17.7. The van der Waals surface area contributed by atoms with Crippen LogP contribution in [0.3, 0.4) is 0 Å². The highest BCUT2D eigenvalue weighted by molar-refractivity contribution is 5.40. The van der Waals surface area contributed by atoms with Gasteiger partial charge >= 0.3 is 0 Å². The molecule has 0 fully saturated rings. The fraction of sp³-hybridized carbons (Fsp3) is 0.472. The fourth-order valence-electron chi connectivity index (χ4n) is 3.55. The Hall–Kier alpha value is -2.67. The Morgan fingerprint density at radius 2 is 1.11 bits per heavy atom. The van der Waals surface area contributed by atoms with Crippen LogP contribution in [-0.4, -0.2) is 4.98 Å². The lowest BCUT2D eigenvalue weighted by Gasteiger charge is -2.07. The lowest BCUT2D eigenvalue weighted by atomic mass is 9.99. The Bertz CT molecular complexity index is 989. The summed E-state index contributed by atoms with van der Waals surface area (Å²) in [7, 11) is 0. The van der Waals surface area contributed by atoms with E-state index in [1.807, 2.05) is 53.8 Å². The van der Waals surface area contributed by atoms with Gasteiger partial charge in [-0.3, -0.25) is 4.98 Å². The van der Waals surface area contributed by atoms with Crippen molar-refractivity contribution >= 4 is 11.6 Å². The van der Waals surface area contributed by atoms with E-state index < -0.39 is 0 Å². The quantitative estimate of drug-likeness (QED) is 0.337. The Labute approximate surface area is 231 Å². The minimum Gasteiger partial charge on any atom is -0.261 e. The highest BCUT2D eigenvalue weighted by atomic mass is 14.7. The van der Waals surface area contributed by atoms with Crippen molar-refractivity contribution in [1.29, 1.82) is 0 Å². The maximum absolute atomic E-state index is 4.20. The number of hydrogen-bond acceptors (Lipinski definition) is 1. The monoisotopic (exact) mass is 505 g/mol. The summed E-state index contributed by atoms with van der Waals surface area (Å²) in [6, 6.07) is 21.1. The zero-order valence-electron chi connectivity index (χ0n) is 27.0. The SMILES string of the molecule is C/C=c1/ccccc1=C(C)C.CC.CC.CC.Cc1ccccc1C(C)C.Cc1ncccc1C(C)C. The summed E-state index contributed by atoms with van der Waals surface area (Å²) in [6.07, 6.45) is 3.98. The van der Waals surface area contributed by atoms with Crippen molar-refractivity contribution in [1.82, 2.24) is 4.98 Å². The third-order valence-electron chi connectivity index (χ3n) is 5.29. The van der Waals surface area contributed by atoms with Gasteiger partial charge in [0.15, 0.2) is 0 Å². The molecule has 0 radical (unpaired) electrons.